The molecule has 0 amide bonds. The molecule has 1 atom stereocenters. The summed E-state index contributed by atoms with van der Waals surface area (Å²) in [6.07, 6.45) is 3.84. The number of ether oxygens (including phenoxy) is 2. The van der Waals surface area contributed by atoms with Gasteiger partial charge in [0, 0.05) is 5.70 Å². The summed E-state index contributed by atoms with van der Waals surface area (Å²) in [5, 5.41) is 6.68. The molecular weight excluding hydrogens is 324 g/mol. The number of hydrogen-bond donors (Lipinski definition) is 2. The Hall–Kier alpha value is -2.34. The van der Waals surface area contributed by atoms with E-state index in [1.807, 2.05) is 50.3 Å². The van der Waals surface area contributed by atoms with Crippen LogP contribution in [0.2, 0.25) is 0 Å². The number of nitrogens with one attached hydrogen (secondary N) is 2. The van der Waals surface area contributed by atoms with Gasteiger partial charge in [0.15, 0.2) is 5.11 Å². The van der Waals surface area contributed by atoms with Crippen molar-refractivity contribution in [2.45, 2.75) is 19.9 Å². The van der Waals surface area contributed by atoms with Gasteiger partial charge in [-0.05, 0) is 35.8 Å². The highest BCUT2D eigenvalue weighted by atomic mass is 32.1. The van der Waals surface area contributed by atoms with E-state index in [9.17, 15) is 4.79 Å². The Morgan fingerprint density at radius 3 is 2.46 bits per heavy atom. The van der Waals surface area contributed by atoms with E-state index in [4.69, 9.17) is 21.7 Å². The van der Waals surface area contributed by atoms with Gasteiger partial charge < -0.3 is 20.1 Å². The molecule has 0 saturated heterocycles. The van der Waals surface area contributed by atoms with E-state index in [-0.39, 0.29) is 17.9 Å². The van der Waals surface area contributed by atoms with Crippen molar-refractivity contribution < 1.29 is 14.3 Å². The molecule has 0 fully saturated rings. The second kappa shape index (κ2) is 7.97. The zero-order valence-corrected chi connectivity index (χ0v) is 15.1. The van der Waals surface area contributed by atoms with Crippen molar-refractivity contribution in [2.75, 3.05) is 14.2 Å². The van der Waals surface area contributed by atoms with E-state index in [0.717, 1.165) is 17.0 Å². The third-order valence-corrected chi connectivity index (χ3v) is 3.94. The molecule has 5 nitrogen and oxygen atoms in total. The molecule has 0 radical (unpaired) electrons. The van der Waals surface area contributed by atoms with Gasteiger partial charge in [-0.25, -0.2) is 4.79 Å². The number of allylic oxidation sites excluding steroid dienone is 1. The van der Waals surface area contributed by atoms with Crippen molar-refractivity contribution in [3.05, 3.63) is 47.2 Å². The van der Waals surface area contributed by atoms with E-state index < -0.39 is 0 Å². The first kappa shape index (κ1) is 18.0. The number of carbonyl (C=O) groups is 1. The van der Waals surface area contributed by atoms with Crippen LogP contribution in [0.15, 0.2) is 41.6 Å². The second-order valence-corrected chi connectivity index (χ2v) is 6.09. The van der Waals surface area contributed by atoms with Crippen molar-refractivity contribution in [2.24, 2.45) is 5.92 Å². The molecule has 1 unspecified atom stereocenters. The Bertz CT molecular complexity index is 678. The lowest BCUT2D eigenvalue weighted by molar-refractivity contribution is -0.136. The molecule has 24 heavy (non-hydrogen) atoms. The molecule has 0 bridgehead atoms. The molecule has 2 rings (SSSR count). The number of carbonyl (C=O) groups excluding carboxylic acids is 1. The van der Waals surface area contributed by atoms with Crippen LogP contribution in [0.4, 0.5) is 0 Å². The maximum absolute atomic E-state index is 12.2. The summed E-state index contributed by atoms with van der Waals surface area (Å²) < 4.78 is 10.1. The molecule has 0 spiro atoms. The van der Waals surface area contributed by atoms with Gasteiger partial charge >= 0.3 is 5.97 Å². The third-order valence-electron chi connectivity index (χ3n) is 3.72. The van der Waals surface area contributed by atoms with E-state index in [1.165, 1.54) is 7.11 Å². The van der Waals surface area contributed by atoms with Crippen LogP contribution in [0, 0.1) is 5.92 Å². The van der Waals surface area contributed by atoms with Crippen molar-refractivity contribution in [3.63, 3.8) is 0 Å². The minimum Gasteiger partial charge on any atom is -0.497 e. The first-order valence-electron chi connectivity index (χ1n) is 7.68. The van der Waals surface area contributed by atoms with Crippen LogP contribution in [-0.2, 0) is 9.53 Å². The van der Waals surface area contributed by atoms with Crippen molar-refractivity contribution >= 4 is 29.4 Å². The maximum atomic E-state index is 12.2. The summed E-state index contributed by atoms with van der Waals surface area (Å²) in [5.74, 6) is 0.548. The minimum atomic E-state index is -0.370. The normalized spacial score (nSPS) is 17.7. The zero-order valence-electron chi connectivity index (χ0n) is 14.3. The first-order valence-corrected chi connectivity index (χ1v) is 8.09. The van der Waals surface area contributed by atoms with E-state index in [1.54, 1.807) is 7.11 Å². The standard InChI is InChI=1S/C18H22N2O3S/c1-11(2)16-15(17(21)23-4)14(19-18(24)20-16)10-7-12-5-8-13(22-3)9-6-12/h5-11,14H,1-4H3,(H2,19,20,24)/b10-7+. The van der Waals surface area contributed by atoms with Gasteiger partial charge in [-0.1, -0.05) is 38.1 Å². The molecule has 0 aliphatic carbocycles. The summed E-state index contributed by atoms with van der Waals surface area (Å²) in [7, 11) is 3.01. The molecule has 0 aromatic heterocycles. The summed E-state index contributed by atoms with van der Waals surface area (Å²) in [5.41, 5.74) is 2.33. The van der Waals surface area contributed by atoms with Gasteiger partial charge in [0.2, 0.25) is 0 Å². The van der Waals surface area contributed by atoms with Gasteiger partial charge in [-0.2, -0.15) is 0 Å². The van der Waals surface area contributed by atoms with Crippen LogP contribution in [-0.4, -0.2) is 31.3 Å². The molecule has 1 aromatic rings. The molecule has 2 N–H and O–H groups in total. The number of methoxy groups -OCH3 is 2. The van der Waals surface area contributed by atoms with Crippen LogP contribution in [0.3, 0.4) is 0 Å². The van der Waals surface area contributed by atoms with Gasteiger partial charge in [0.05, 0.1) is 25.8 Å². The fourth-order valence-electron chi connectivity index (χ4n) is 2.48. The Kier molecular flexibility index (Phi) is 5.98. The van der Waals surface area contributed by atoms with Gasteiger partial charge in [-0.3, -0.25) is 0 Å². The van der Waals surface area contributed by atoms with Gasteiger partial charge in [-0.15, -0.1) is 0 Å². The number of rotatable bonds is 5. The number of esters is 1. The highest BCUT2D eigenvalue weighted by Crippen LogP contribution is 2.22. The van der Waals surface area contributed by atoms with Crippen LogP contribution < -0.4 is 15.4 Å². The highest BCUT2D eigenvalue weighted by Gasteiger charge is 2.30. The lowest BCUT2D eigenvalue weighted by Crippen LogP contribution is -2.50. The Morgan fingerprint density at radius 1 is 1.25 bits per heavy atom. The molecule has 1 heterocycles. The minimum absolute atomic E-state index is 0.121. The quantitative estimate of drug-likeness (QED) is 0.631. The SMILES string of the molecule is COC(=O)C1=C(C(C)C)NC(=S)NC1/C=C/c1ccc(OC)cc1. The Balaban J connectivity index is 2.33. The fourth-order valence-corrected chi connectivity index (χ4v) is 2.71. The topological polar surface area (TPSA) is 59.6 Å². The zero-order chi connectivity index (χ0) is 17.7. The Labute approximate surface area is 147 Å². The molecular formula is C18H22N2O3S. The Morgan fingerprint density at radius 2 is 1.92 bits per heavy atom. The monoisotopic (exact) mass is 346 g/mol. The molecule has 128 valence electrons. The molecule has 6 heteroatoms. The average Bonchev–Trinajstić information content (AvgIpc) is 2.59. The summed E-state index contributed by atoms with van der Waals surface area (Å²) in [4.78, 5) is 12.2. The summed E-state index contributed by atoms with van der Waals surface area (Å²) in [6, 6.07) is 7.32. The largest absolute Gasteiger partial charge is 0.497 e. The third kappa shape index (κ3) is 4.14. The number of thiocarbonyl (C=S) groups is 1. The van der Waals surface area contributed by atoms with Crippen LogP contribution >= 0.6 is 12.2 Å². The average molecular weight is 346 g/mol. The van der Waals surface area contributed by atoms with Gasteiger partial charge in [0.25, 0.3) is 0 Å². The van der Waals surface area contributed by atoms with Crippen molar-refractivity contribution in [1.82, 2.24) is 10.6 Å². The van der Waals surface area contributed by atoms with Crippen LogP contribution in [0.5, 0.6) is 5.75 Å². The smallest absolute Gasteiger partial charge is 0.337 e. The second-order valence-electron chi connectivity index (χ2n) is 5.68. The van der Waals surface area contributed by atoms with Crippen molar-refractivity contribution in [1.29, 1.82) is 0 Å². The van der Waals surface area contributed by atoms with Crippen LogP contribution in [0.25, 0.3) is 6.08 Å². The number of hydrogen-bond acceptors (Lipinski definition) is 4. The first-order chi connectivity index (χ1) is 11.5. The van der Waals surface area contributed by atoms with Crippen molar-refractivity contribution in [3.8, 4) is 5.75 Å². The molecule has 1 aromatic carbocycles. The predicted molar refractivity (Wildman–Crippen MR) is 98.6 cm³/mol. The lowest BCUT2D eigenvalue weighted by Gasteiger charge is -2.30. The number of benzene rings is 1. The lowest BCUT2D eigenvalue weighted by atomic mass is 9.95. The van der Waals surface area contributed by atoms with E-state index >= 15 is 0 Å². The highest BCUT2D eigenvalue weighted by molar-refractivity contribution is 7.80. The molecule has 0 saturated carbocycles. The van der Waals surface area contributed by atoms with Crippen LogP contribution in [0.1, 0.15) is 19.4 Å². The predicted octanol–water partition coefficient (Wildman–Crippen LogP) is 2.64. The summed E-state index contributed by atoms with van der Waals surface area (Å²) >= 11 is 5.26. The summed E-state index contributed by atoms with van der Waals surface area (Å²) in [6.45, 7) is 4.01. The maximum Gasteiger partial charge on any atom is 0.337 e. The van der Waals surface area contributed by atoms with Gasteiger partial charge in [0.1, 0.15) is 5.75 Å². The fraction of sp³-hybridized carbons (Fsp3) is 0.333. The molecule has 1 aliphatic rings. The van der Waals surface area contributed by atoms with E-state index in [2.05, 4.69) is 10.6 Å². The molecule has 1 aliphatic heterocycles. The van der Waals surface area contributed by atoms with E-state index in [0.29, 0.717) is 10.7 Å².